The van der Waals surface area contributed by atoms with Gasteiger partial charge < -0.3 is 4.74 Å². The molecule has 0 saturated heterocycles. The second kappa shape index (κ2) is 11.0. The number of allylic oxidation sites excluding steroid dienone is 9. The highest BCUT2D eigenvalue weighted by molar-refractivity contribution is 6.32. The second-order valence-corrected chi connectivity index (χ2v) is 7.65. The van der Waals surface area contributed by atoms with Crippen LogP contribution in [-0.4, -0.2) is 5.97 Å². The maximum atomic E-state index is 12.3. The first kappa shape index (κ1) is 21.3. The van der Waals surface area contributed by atoms with Crippen LogP contribution in [0.2, 0.25) is 0 Å². The van der Waals surface area contributed by atoms with E-state index < -0.39 is 0 Å². The Hall–Kier alpha value is -1.98. The van der Waals surface area contributed by atoms with E-state index in [2.05, 4.69) is 42.2 Å². The summed E-state index contributed by atoms with van der Waals surface area (Å²) in [6, 6.07) is 0. The summed E-state index contributed by atoms with van der Waals surface area (Å²) in [6.07, 6.45) is 18.0. The quantitative estimate of drug-likeness (QED) is 0.213. The Morgan fingerprint density at radius 1 is 1.26 bits per heavy atom. The zero-order valence-corrected chi connectivity index (χ0v) is 17.3. The molecule has 27 heavy (non-hydrogen) atoms. The molecule has 0 aromatic heterocycles. The molecule has 144 valence electrons. The van der Waals surface area contributed by atoms with Crippen LogP contribution in [0.4, 0.5) is 0 Å². The monoisotopic (exact) mass is 384 g/mol. The Kier molecular flexibility index (Phi) is 8.69. The Labute approximate surface area is 168 Å². The minimum Gasteiger partial charge on any atom is -0.425 e. The fourth-order valence-corrected chi connectivity index (χ4v) is 3.30. The molecule has 0 aliphatic heterocycles. The first-order chi connectivity index (χ1) is 13.0. The minimum absolute atomic E-state index is 0.00453. The van der Waals surface area contributed by atoms with Crippen molar-refractivity contribution in [3.63, 3.8) is 0 Å². The first-order valence-electron chi connectivity index (χ1n) is 9.82. The second-order valence-electron chi connectivity index (χ2n) is 7.28. The molecule has 0 bridgehead atoms. The van der Waals surface area contributed by atoms with Crippen molar-refractivity contribution < 1.29 is 9.53 Å². The fraction of sp³-hybridized carbons (Fsp3) is 0.458. The largest absolute Gasteiger partial charge is 0.425 e. The Balaban J connectivity index is 1.84. The lowest BCUT2D eigenvalue weighted by molar-refractivity contribution is -0.139. The molecule has 0 N–H and O–H groups in total. The normalized spacial score (nSPS) is 20.7. The molecule has 2 aliphatic rings. The number of carbonyl (C=O) groups excluding carboxylic acids is 1. The topological polar surface area (TPSA) is 26.3 Å². The molecule has 2 aliphatic carbocycles. The van der Waals surface area contributed by atoms with Crippen LogP contribution in [0, 0.1) is 23.7 Å². The molecule has 3 heteroatoms. The van der Waals surface area contributed by atoms with Crippen LogP contribution in [0.1, 0.15) is 59.3 Å². The van der Waals surface area contributed by atoms with Gasteiger partial charge in [0.25, 0.3) is 0 Å². The summed E-state index contributed by atoms with van der Waals surface area (Å²) in [5.74, 6) is 6.65. The number of rotatable bonds is 7. The van der Waals surface area contributed by atoms with Crippen molar-refractivity contribution in [3.05, 3.63) is 58.4 Å². The third kappa shape index (κ3) is 7.27. The molecule has 1 unspecified atom stereocenters. The summed E-state index contributed by atoms with van der Waals surface area (Å²) in [5.41, 5.74) is 2.18. The zero-order chi connectivity index (χ0) is 19.6. The Morgan fingerprint density at radius 2 is 2.04 bits per heavy atom. The molecular weight excluding hydrogens is 356 g/mol. The van der Waals surface area contributed by atoms with Crippen LogP contribution in [0.3, 0.4) is 0 Å². The van der Waals surface area contributed by atoms with Gasteiger partial charge >= 0.3 is 5.97 Å². The van der Waals surface area contributed by atoms with Gasteiger partial charge in [0.1, 0.15) is 5.76 Å². The molecule has 0 heterocycles. The fourth-order valence-electron chi connectivity index (χ4n) is 2.93. The van der Waals surface area contributed by atoms with Crippen molar-refractivity contribution in [2.24, 2.45) is 11.8 Å². The van der Waals surface area contributed by atoms with Crippen LogP contribution in [0.5, 0.6) is 0 Å². The number of carbonyl (C=O) groups is 1. The lowest BCUT2D eigenvalue weighted by Crippen LogP contribution is -2.07. The summed E-state index contributed by atoms with van der Waals surface area (Å²) < 4.78 is 5.58. The highest BCUT2D eigenvalue weighted by Crippen LogP contribution is 2.28. The van der Waals surface area contributed by atoms with Gasteiger partial charge in [-0.2, -0.15) is 0 Å². The van der Waals surface area contributed by atoms with E-state index in [1.165, 1.54) is 5.57 Å². The third-order valence-corrected chi connectivity index (χ3v) is 4.86. The lowest BCUT2D eigenvalue weighted by Gasteiger charge is -2.12. The van der Waals surface area contributed by atoms with Crippen molar-refractivity contribution in [1.29, 1.82) is 0 Å². The minimum atomic E-state index is -0.235. The van der Waals surface area contributed by atoms with Crippen LogP contribution >= 0.6 is 11.6 Å². The predicted octanol–water partition coefficient (Wildman–Crippen LogP) is 6.61. The summed E-state index contributed by atoms with van der Waals surface area (Å²) in [5, 5.41) is 0.466. The van der Waals surface area contributed by atoms with Crippen molar-refractivity contribution in [2.75, 3.05) is 0 Å². The van der Waals surface area contributed by atoms with E-state index in [1.807, 2.05) is 26.8 Å². The van der Waals surface area contributed by atoms with Gasteiger partial charge in [-0.05, 0) is 51.0 Å². The lowest BCUT2D eigenvalue weighted by atomic mass is 10.0. The van der Waals surface area contributed by atoms with Crippen molar-refractivity contribution >= 4 is 17.6 Å². The molecule has 0 aromatic carbocycles. The summed E-state index contributed by atoms with van der Waals surface area (Å²) in [7, 11) is 0. The maximum absolute atomic E-state index is 12.3. The smallest absolute Gasteiger partial charge is 0.311 e. The van der Waals surface area contributed by atoms with Crippen LogP contribution in [-0.2, 0) is 9.53 Å². The van der Waals surface area contributed by atoms with Crippen molar-refractivity contribution in [1.82, 2.24) is 0 Å². The van der Waals surface area contributed by atoms with Gasteiger partial charge in [0, 0.05) is 17.9 Å². The van der Waals surface area contributed by atoms with E-state index in [4.69, 9.17) is 16.3 Å². The Morgan fingerprint density at radius 3 is 2.81 bits per heavy atom. The Bertz CT molecular complexity index is 751. The van der Waals surface area contributed by atoms with Crippen molar-refractivity contribution in [3.8, 4) is 11.8 Å². The summed E-state index contributed by atoms with van der Waals surface area (Å²) in [6.45, 7) is 6.05. The third-order valence-electron chi connectivity index (χ3n) is 4.47. The SMILES string of the molecule is CC1C#CC(C(C)C)=C(Cl)C(OC(=O)CCCCC2=CC/C=C\CC=C2)=C1. The molecule has 0 aromatic rings. The summed E-state index contributed by atoms with van der Waals surface area (Å²) >= 11 is 6.46. The van der Waals surface area contributed by atoms with E-state index in [1.54, 1.807) is 0 Å². The zero-order valence-electron chi connectivity index (χ0n) is 16.6. The van der Waals surface area contributed by atoms with E-state index in [-0.39, 0.29) is 17.8 Å². The van der Waals surface area contributed by atoms with E-state index in [9.17, 15) is 4.79 Å². The first-order valence-corrected chi connectivity index (χ1v) is 10.2. The molecule has 2 rings (SSSR count). The van der Waals surface area contributed by atoms with Gasteiger partial charge in [-0.3, -0.25) is 4.79 Å². The van der Waals surface area contributed by atoms with Gasteiger partial charge in [0.15, 0.2) is 0 Å². The van der Waals surface area contributed by atoms with Crippen LogP contribution in [0.15, 0.2) is 58.4 Å². The molecule has 0 fully saturated rings. The van der Waals surface area contributed by atoms with Crippen LogP contribution in [0.25, 0.3) is 0 Å². The van der Waals surface area contributed by atoms with Crippen LogP contribution < -0.4 is 0 Å². The molecule has 0 spiro atoms. The summed E-state index contributed by atoms with van der Waals surface area (Å²) in [4.78, 5) is 12.3. The van der Waals surface area contributed by atoms with E-state index in [0.29, 0.717) is 17.2 Å². The number of hydrogen-bond donors (Lipinski definition) is 0. The molecule has 0 saturated carbocycles. The van der Waals surface area contributed by atoms with Gasteiger partial charge in [0.05, 0.1) is 5.03 Å². The van der Waals surface area contributed by atoms with Crippen molar-refractivity contribution in [2.45, 2.75) is 59.3 Å². The molecule has 1 atom stereocenters. The van der Waals surface area contributed by atoms with Gasteiger partial charge in [0.2, 0.25) is 0 Å². The molecule has 2 nitrogen and oxygen atoms in total. The average Bonchev–Trinajstić information content (AvgIpc) is 2.72. The maximum Gasteiger partial charge on any atom is 0.311 e. The predicted molar refractivity (Wildman–Crippen MR) is 113 cm³/mol. The number of hydrogen-bond acceptors (Lipinski definition) is 2. The van der Waals surface area contributed by atoms with E-state index in [0.717, 1.165) is 37.7 Å². The highest BCUT2D eigenvalue weighted by atomic mass is 35.5. The molecule has 0 radical (unpaired) electrons. The van der Waals surface area contributed by atoms with Gasteiger partial charge in [-0.1, -0.05) is 73.2 Å². The highest BCUT2D eigenvalue weighted by Gasteiger charge is 2.19. The number of esters is 1. The standard InChI is InChI=1S/C24H29ClO2/c1-18(2)21-16-15-19(3)17-22(24(21)25)27-23(26)14-10-9-13-20-11-7-5-4-6-8-12-20/h4-5,8,11-12,17-19H,6-7,9-10,13-14H2,1-3H3/b5-4-,12-8?,20-11?. The number of ether oxygens (including phenoxy) is 1. The number of halogens is 1. The molecule has 0 amide bonds. The average molecular weight is 385 g/mol. The van der Waals surface area contributed by atoms with Gasteiger partial charge in [-0.25, -0.2) is 0 Å². The van der Waals surface area contributed by atoms with E-state index >= 15 is 0 Å². The number of unbranched alkanes of at least 4 members (excludes halogenated alkanes) is 1. The van der Waals surface area contributed by atoms with Gasteiger partial charge in [-0.15, -0.1) is 0 Å². The molecular formula is C24H29ClO2.